The van der Waals surface area contributed by atoms with Gasteiger partial charge in [-0.05, 0) is 32.2 Å². The van der Waals surface area contributed by atoms with Crippen LogP contribution in [-0.2, 0) is 0 Å². The normalized spacial score (nSPS) is 21.3. The van der Waals surface area contributed by atoms with E-state index in [9.17, 15) is 0 Å². The summed E-state index contributed by atoms with van der Waals surface area (Å²) in [5.41, 5.74) is -0.0816. The third-order valence-electron chi connectivity index (χ3n) is 2.52. The molecule has 3 nitrogen and oxygen atoms in total. The van der Waals surface area contributed by atoms with E-state index in [-0.39, 0.29) is 5.66 Å². The molecule has 0 aromatic rings. The molecule has 0 atom stereocenters. The van der Waals surface area contributed by atoms with Gasteiger partial charge in [-0.2, -0.15) is 5.26 Å². The fourth-order valence-corrected chi connectivity index (χ4v) is 1.95. The van der Waals surface area contributed by atoms with E-state index in [0.717, 1.165) is 19.4 Å². The Kier molecular flexibility index (Phi) is 3.36. The van der Waals surface area contributed by atoms with Crippen molar-refractivity contribution in [3.05, 3.63) is 0 Å². The summed E-state index contributed by atoms with van der Waals surface area (Å²) < 4.78 is 0. The minimum Gasteiger partial charge on any atom is -0.305 e. The number of nitriles is 1. The maximum absolute atomic E-state index is 8.61. The molecule has 0 saturated heterocycles. The number of rotatable bonds is 3. The second-order valence-corrected chi connectivity index (χ2v) is 3.41. The van der Waals surface area contributed by atoms with Gasteiger partial charge in [-0.1, -0.05) is 13.3 Å². The molecule has 1 rings (SSSR count). The highest BCUT2D eigenvalue weighted by atomic mass is 15.2. The Morgan fingerprint density at radius 2 is 2.00 bits per heavy atom. The van der Waals surface area contributed by atoms with Crippen LogP contribution in [0.1, 0.15) is 39.0 Å². The summed E-state index contributed by atoms with van der Waals surface area (Å²) in [6, 6.07) is 0. The Hall–Kier alpha value is -0.750. The second-order valence-electron chi connectivity index (χ2n) is 3.41. The third kappa shape index (κ3) is 2.12. The van der Waals surface area contributed by atoms with Crippen molar-refractivity contribution in [3.63, 3.8) is 0 Å². The van der Waals surface area contributed by atoms with E-state index in [1.807, 2.05) is 0 Å². The van der Waals surface area contributed by atoms with Gasteiger partial charge in [0.25, 0.3) is 0 Å². The largest absolute Gasteiger partial charge is 0.305 e. The monoisotopic (exact) mass is 167 g/mol. The van der Waals surface area contributed by atoms with E-state index in [0.29, 0.717) is 0 Å². The zero-order valence-corrected chi connectivity index (χ0v) is 7.69. The zero-order chi connectivity index (χ0) is 8.86. The summed E-state index contributed by atoms with van der Waals surface area (Å²) in [7, 11) is 0. The Bertz CT molecular complexity index is 160. The van der Waals surface area contributed by atoms with Gasteiger partial charge in [0.1, 0.15) is 0 Å². The topological polar surface area (TPSA) is 47.8 Å². The summed E-state index contributed by atoms with van der Waals surface area (Å²) in [4.78, 5) is 0. The minimum absolute atomic E-state index is 0.0816. The van der Waals surface area contributed by atoms with Crippen LogP contribution >= 0.6 is 0 Å². The average molecular weight is 167 g/mol. The molecule has 0 aliphatic heterocycles. The number of nitrogens with zero attached hydrogens (tertiary/aromatic N) is 1. The van der Waals surface area contributed by atoms with Crippen LogP contribution in [0.3, 0.4) is 0 Å². The van der Waals surface area contributed by atoms with E-state index in [2.05, 4.69) is 23.8 Å². The first-order valence-electron chi connectivity index (χ1n) is 4.74. The first-order chi connectivity index (χ1) is 5.83. The molecule has 1 saturated carbocycles. The standard InChI is InChI=1S/C9H17N3/c1-2-11-9(12-8-10)6-4-3-5-7-9/h11-12H,2-7H2,1H3. The van der Waals surface area contributed by atoms with Gasteiger partial charge in [0, 0.05) is 0 Å². The second kappa shape index (κ2) is 4.32. The minimum atomic E-state index is -0.0816. The smallest absolute Gasteiger partial charge is 0.178 e. The zero-order valence-electron chi connectivity index (χ0n) is 7.69. The van der Waals surface area contributed by atoms with Gasteiger partial charge in [0.15, 0.2) is 6.19 Å². The lowest BCUT2D eigenvalue weighted by Crippen LogP contribution is -2.56. The molecule has 68 valence electrons. The molecular weight excluding hydrogens is 150 g/mol. The summed E-state index contributed by atoms with van der Waals surface area (Å²) in [6.45, 7) is 3.00. The van der Waals surface area contributed by atoms with Crippen LogP contribution < -0.4 is 10.6 Å². The summed E-state index contributed by atoms with van der Waals surface area (Å²) in [5, 5.41) is 14.9. The van der Waals surface area contributed by atoms with E-state index in [4.69, 9.17) is 5.26 Å². The Labute approximate surface area is 74.1 Å². The van der Waals surface area contributed by atoms with Gasteiger partial charge in [-0.15, -0.1) is 0 Å². The molecule has 0 spiro atoms. The Morgan fingerprint density at radius 1 is 1.33 bits per heavy atom. The molecule has 1 aliphatic carbocycles. The molecule has 1 aliphatic rings. The van der Waals surface area contributed by atoms with Crippen molar-refractivity contribution in [3.8, 4) is 6.19 Å². The highest BCUT2D eigenvalue weighted by Gasteiger charge is 2.30. The third-order valence-corrected chi connectivity index (χ3v) is 2.52. The van der Waals surface area contributed by atoms with Crippen molar-refractivity contribution in [2.45, 2.75) is 44.7 Å². The lowest BCUT2D eigenvalue weighted by Gasteiger charge is -2.36. The van der Waals surface area contributed by atoms with E-state index in [1.165, 1.54) is 19.3 Å². The fraction of sp³-hybridized carbons (Fsp3) is 0.889. The summed E-state index contributed by atoms with van der Waals surface area (Å²) >= 11 is 0. The lowest BCUT2D eigenvalue weighted by molar-refractivity contribution is 0.209. The first-order valence-corrected chi connectivity index (χ1v) is 4.74. The first kappa shape index (κ1) is 9.34. The van der Waals surface area contributed by atoms with Crippen molar-refractivity contribution in [2.75, 3.05) is 6.54 Å². The van der Waals surface area contributed by atoms with Crippen LogP contribution in [-0.4, -0.2) is 12.2 Å². The summed E-state index contributed by atoms with van der Waals surface area (Å²) in [6.07, 6.45) is 7.96. The highest BCUT2D eigenvalue weighted by molar-refractivity contribution is 4.92. The van der Waals surface area contributed by atoms with Gasteiger partial charge in [0.05, 0.1) is 5.66 Å². The van der Waals surface area contributed by atoms with Crippen LogP contribution in [0.4, 0.5) is 0 Å². The van der Waals surface area contributed by atoms with Gasteiger partial charge in [-0.25, -0.2) is 0 Å². The predicted octanol–water partition coefficient (Wildman–Crippen LogP) is 1.33. The fourth-order valence-electron chi connectivity index (χ4n) is 1.95. The maximum Gasteiger partial charge on any atom is 0.178 e. The lowest BCUT2D eigenvalue weighted by atomic mass is 9.89. The number of nitrogens with one attached hydrogen (secondary N) is 2. The van der Waals surface area contributed by atoms with Crippen LogP contribution in [0.25, 0.3) is 0 Å². The number of hydrogen-bond acceptors (Lipinski definition) is 3. The molecule has 0 unspecified atom stereocenters. The predicted molar refractivity (Wildman–Crippen MR) is 48.2 cm³/mol. The summed E-state index contributed by atoms with van der Waals surface area (Å²) in [5.74, 6) is 0. The van der Waals surface area contributed by atoms with Crippen LogP contribution in [0, 0.1) is 11.5 Å². The number of hydrogen-bond donors (Lipinski definition) is 2. The molecule has 0 aromatic carbocycles. The van der Waals surface area contributed by atoms with Gasteiger partial charge in [-0.3, -0.25) is 5.32 Å². The molecule has 0 heterocycles. The van der Waals surface area contributed by atoms with Crippen LogP contribution in [0.5, 0.6) is 0 Å². The SMILES string of the molecule is CCNC1(NC#N)CCCCC1. The Morgan fingerprint density at radius 3 is 2.50 bits per heavy atom. The molecule has 3 heteroatoms. The molecule has 0 radical (unpaired) electrons. The van der Waals surface area contributed by atoms with Crippen LogP contribution in [0.2, 0.25) is 0 Å². The average Bonchev–Trinajstić information content (AvgIpc) is 2.07. The highest BCUT2D eigenvalue weighted by Crippen LogP contribution is 2.25. The van der Waals surface area contributed by atoms with Gasteiger partial charge < -0.3 is 5.32 Å². The molecule has 12 heavy (non-hydrogen) atoms. The maximum atomic E-state index is 8.61. The van der Waals surface area contributed by atoms with E-state index < -0.39 is 0 Å². The van der Waals surface area contributed by atoms with Crippen molar-refractivity contribution in [1.82, 2.24) is 10.6 Å². The van der Waals surface area contributed by atoms with Crippen molar-refractivity contribution in [1.29, 1.82) is 5.26 Å². The quantitative estimate of drug-likeness (QED) is 0.379. The molecule has 0 amide bonds. The molecule has 0 bridgehead atoms. The van der Waals surface area contributed by atoms with Crippen molar-refractivity contribution < 1.29 is 0 Å². The molecule has 2 N–H and O–H groups in total. The van der Waals surface area contributed by atoms with Crippen LogP contribution in [0.15, 0.2) is 0 Å². The molecule has 0 aromatic heterocycles. The van der Waals surface area contributed by atoms with E-state index >= 15 is 0 Å². The van der Waals surface area contributed by atoms with Crippen molar-refractivity contribution in [2.24, 2.45) is 0 Å². The molecular formula is C9H17N3. The Balaban J connectivity index is 2.51. The van der Waals surface area contributed by atoms with Gasteiger partial charge >= 0.3 is 0 Å². The van der Waals surface area contributed by atoms with E-state index in [1.54, 1.807) is 0 Å². The van der Waals surface area contributed by atoms with Crippen molar-refractivity contribution >= 4 is 0 Å². The van der Waals surface area contributed by atoms with Gasteiger partial charge in [0.2, 0.25) is 0 Å². The molecule has 1 fully saturated rings.